The van der Waals surface area contributed by atoms with Crippen molar-refractivity contribution in [3.8, 4) is 23.2 Å². The highest BCUT2D eigenvalue weighted by Crippen LogP contribution is 2.48. The zero-order valence-corrected chi connectivity index (χ0v) is 32.3. The number of fused-ring (bicyclic) bond motifs is 4. The number of rotatable bonds is 7. The van der Waals surface area contributed by atoms with Gasteiger partial charge >= 0.3 is 12.0 Å². The molecular weight excluding hydrogens is 791 g/mol. The summed E-state index contributed by atoms with van der Waals surface area (Å²) in [5.41, 5.74) is 5.41. The molecule has 0 radical (unpaired) electrons. The van der Waals surface area contributed by atoms with Crippen LogP contribution in [0.15, 0.2) is 24.5 Å². The summed E-state index contributed by atoms with van der Waals surface area (Å²) in [5.74, 6) is -2.07. The zero-order valence-electron chi connectivity index (χ0n) is 30.7. The number of benzene rings is 2. The highest BCUT2D eigenvalue weighted by Gasteiger charge is 2.52. The fraction of sp³-hybridized carbons (Fsp3) is 0.474. The zero-order chi connectivity index (χ0) is 40.1. The Balaban J connectivity index is 1.17. The highest BCUT2D eigenvalue weighted by molar-refractivity contribution is 7.23. The van der Waals surface area contributed by atoms with Crippen LogP contribution in [0.2, 0.25) is 5.02 Å². The lowest BCUT2D eigenvalue weighted by Gasteiger charge is -2.31. The summed E-state index contributed by atoms with van der Waals surface area (Å²) in [6.45, 7) is 5.70. The van der Waals surface area contributed by atoms with Crippen molar-refractivity contribution in [3.63, 3.8) is 0 Å². The maximum absolute atomic E-state index is 17.4. The summed E-state index contributed by atoms with van der Waals surface area (Å²) in [5, 5.41) is 14.1. The number of alkyl halides is 3. The number of nitriles is 1. The van der Waals surface area contributed by atoms with E-state index in [1.54, 1.807) is 4.90 Å². The van der Waals surface area contributed by atoms with Crippen LogP contribution in [0.3, 0.4) is 0 Å². The Bertz CT molecular complexity index is 2490. The second-order valence-corrected chi connectivity index (χ2v) is 17.1. The van der Waals surface area contributed by atoms with Crippen LogP contribution >= 0.6 is 22.9 Å². The minimum Gasteiger partial charge on any atom is -0.461 e. The van der Waals surface area contributed by atoms with Gasteiger partial charge in [-0.05, 0) is 49.4 Å². The van der Waals surface area contributed by atoms with Gasteiger partial charge in [-0.2, -0.15) is 19.9 Å². The fourth-order valence-corrected chi connectivity index (χ4v) is 11.1. The number of amides is 1. The van der Waals surface area contributed by atoms with Crippen molar-refractivity contribution in [2.75, 3.05) is 43.4 Å². The molecule has 298 valence electrons. The van der Waals surface area contributed by atoms with E-state index in [4.69, 9.17) is 27.1 Å². The third kappa shape index (κ3) is 5.94. The molecule has 5 atom stereocenters. The van der Waals surface area contributed by atoms with E-state index in [1.165, 1.54) is 12.1 Å². The number of anilines is 2. The Kier molecular flexibility index (Phi) is 9.20. The first-order chi connectivity index (χ1) is 27.3. The van der Waals surface area contributed by atoms with Crippen LogP contribution in [0, 0.1) is 34.8 Å². The number of nitrogens with zero attached hydrogens (tertiary/aromatic N) is 9. The second kappa shape index (κ2) is 13.9. The van der Waals surface area contributed by atoms with Gasteiger partial charge in [-0.1, -0.05) is 31.5 Å². The minimum absolute atomic E-state index is 0.00459. The smallest absolute Gasteiger partial charge is 0.346 e. The van der Waals surface area contributed by atoms with E-state index in [0.717, 1.165) is 41.4 Å². The molecule has 4 fully saturated rings. The number of carbonyl (C=O) groups excluding carboxylic acids is 1. The maximum atomic E-state index is 17.4. The maximum Gasteiger partial charge on any atom is 0.346 e. The Morgan fingerprint density at radius 3 is 2.75 bits per heavy atom. The molecule has 2 N–H and O–H groups in total. The number of nitrogen functional groups attached to an aromatic ring is 1. The van der Waals surface area contributed by atoms with Crippen molar-refractivity contribution in [1.82, 2.24) is 34.5 Å². The Labute approximate surface area is 332 Å². The lowest BCUT2D eigenvalue weighted by atomic mass is 9.88. The number of hydrogen-bond donors (Lipinski definition) is 1. The molecule has 4 aliphatic heterocycles. The average Bonchev–Trinajstić information content (AvgIpc) is 4.01. The molecule has 4 aliphatic rings. The van der Waals surface area contributed by atoms with E-state index < -0.39 is 41.6 Å². The van der Waals surface area contributed by atoms with Gasteiger partial charge in [-0.15, -0.1) is 16.4 Å². The Hall–Kier alpha value is -4.86. The van der Waals surface area contributed by atoms with E-state index in [0.29, 0.717) is 31.7 Å². The summed E-state index contributed by atoms with van der Waals surface area (Å²) >= 11 is 7.82. The number of nitrogens with two attached hydrogens (primary N) is 1. The van der Waals surface area contributed by atoms with Crippen molar-refractivity contribution in [2.24, 2.45) is 11.8 Å². The number of hydrogen-bond acceptors (Lipinski definition) is 11. The normalized spacial score (nSPS) is 24.7. The van der Waals surface area contributed by atoms with Gasteiger partial charge in [-0.25, -0.2) is 31.7 Å². The van der Waals surface area contributed by atoms with E-state index >= 15 is 8.78 Å². The van der Waals surface area contributed by atoms with Gasteiger partial charge in [0, 0.05) is 54.4 Å². The number of halogens is 6. The summed E-state index contributed by atoms with van der Waals surface area (Å²) < 4.78 is 81.0. The van der Waals surface area contributed by atoms with Crippen molar-refractivity contribution in [3.05, 3.63) is 52.6 Å². The van der Waals surface area contributed by atoms with Crippen molar-refractivity contribution in [1.29, 1.82) is 5.26 Å². The monoisotopic (exact) mass is 826 g/mol. The van der Waals surface area contributed by atoms with Gasteiger partial charge in [0.05, 0.1) is 26.9 Å². The standard InChI is InChI=1S/C38H36ClF5N10O2S/c1-17(2)30-19-6-9-52(25(19)14-53(30)37(55)54-16-47-34(50-54)32(43)44)35-21-10-23(39)27(20-4-5-24(41)31-26(20)22(12-45)33(46)57-31)28(42)29(21)48-36(49-35)56-15-38-7-3-8-51(38)13-18(40)11-38/h4-5,10,16-19,25,30,32H,3,6-9,11,13-15,46H2,1-2H3/t18-,19?,25?,30-,38+/m1/s1. The van der Waals surface area contributed by atoms with Crippen LogP contribution in [-0.2, 0) is 0 Å². The molecule has 4 saturated heterocycles. The van der Waals surface area contributed by atoms with Gasteiger partial charge in [0.1, 0.15) is 47.3 Å². The molecule has 5 aromatic rings. The molecule has 12 nitrogen and oxygen atoms in total. The summed E-state index contributed by atoms with van der Waals surface area (Å²) in [6, 6.07) is 4.65. The quantitative estimate of drug-likeness (QED) is 0.163. The molecule has 7 heterocycles. The summed E-state index contributed by atoms with van der Waals surface area (Å²) in [4.78, 5) is 32.5. The molecule has 0 saturated carbocycles. The molecular formula is C38H36ClF5N10O2S. The van der Waals surface area contributed by atoms with E-state index in [-0.39, 0.29) is 97.2 Å². The summed E-state index contributed by atoms with van der Waals surface area (Å²) in [7, 11) is 0. The van der Waals surface area contributed by atoms with Gasteiger partial charge in [0.15, 0.2) is 5.82 Å². The molecule has 57 heavy (non-hydrogen) atoms. The van der Waals surface area contributed by atoms with Crippen molar-refractivity contribution >= 4 is 60.8 Å². The third-order valence-electron chi connectivity index (χ3n) is 12.2. The van der Waals surface area contributed by atoms with E-state index in [9.17, 15) is 23.2 Å². The predicted molar refractivity (Wildman–Crippen MR) is 203 cm³/mol. The van der Waals surface area contributed by atoms with Crippen LogP contribution in [-0.4, -0.2) is 97.1 Å². The second-order valence-electron chi connectivity index (χ2n) is 15.6. The predicted octanol–water partition coefficient (Wildman–Crippen LogP) is 7.58. The molecule has 3 aromatic heterocycles. The van der Waals surface area contributed by atoms with E-state index in [1.807, 2.05) is 24.8 Å². The largest absolute Gasteiger partial charge is 0.461 e. The molecule has 0 spiro atoms. The Morgan fingerprint density at radius 1 is 1.21 bits per heavy atom. The number of thiophene rings is 1. The minimum atomic E-state index is -2.95. The Morgan fingerprint density at radius 2 is 2.02 bits per heavy atom. The van der Waals surface area contributed by atoms with Gasteiger partial charge in [-0.3, -0.25) is 4.90 Å². The van der Waals surface area contributed by atoms with Crippen LogP contribution in [0.4, 0.5) is 37.6 Å². The molecule has 0 aliphatic carbocycles. The lowest BCUT2D eigenvalue weighted by Crippen LogP contribution is -2.44. The first-order valence-corrected chi connectivity index (χ1v) is 19.9. The number of carbonyl (C=O) groups is 1. The van der Waals surface area contributed by atoms with Crippen LogP contribution in [0.5, 0.6) is 6.01 Å². The summed E-state index contributed by atoms with van der Waals surface area (Å²) in [6.07, 6.45) is -0.477. The number of aromatic nitrogens is 5. The molecule has 9 rings (SSSR count). The SMILES string of the molecule is CC(C)[C@@H]1C2CCN(c3nc(OC[C@@]45CCCN4C[C@H](F)C5)nc4c(F)c(-c5ccc(F)c6sc(N)c(C#N)c56)c(Cl)cc34)C2CN1C(=O)n1cnc(C(F)F)n1. The first-order valence-electron chi connectivity index (χ1n) is 18.7. The molecule has 0 bridgehead atoms. The van der Waals surface area contributed by atoms with Crippen LogP contribution in [0.25, 0.3) is 32.1 Å². The lowest BCUT2D eigenvalue weighted by molar-refractivity contribution is 0.107. The van der Waals surface area contributed by atoms with Crippen LogP contribution < -0.4 is 15.4 Å². The number of ether oxygens (including phenoxy) is 1. The third-order valence-corrected chi connectivity index (χ3v) is 13.5. The van der Waals surface area contributed by atoms with Gasteiger partial charge in [0.25, 0.3) is 6.43 Å². The molecule has 2 aromatic carbocycles. The molecule has 1 amide bonds. The average molecular weight is 827 g/mol. The molecule has 19 heteroatoms. The van der Waals surface area contributed by atoms with E-state index in [2.05, 4.69) is 20.0 Å². The highest BCUT2D eigenvalue weighted by atomic mass is 35.5. The molecule has 2 unspecified atom stereocenters. The van der Waals surface area contributed by atoms with Gasteiger partial charge in [0.2, 0.25) is 5.82 Å². The number of likely N-dealkylation sites (tertiary alicyclic amines) is 1. The topological polar surface area (TPSA) is 142 Å². The first kappa shape index (κ1) is 37.7. The van der Waals surface area contributed by atoms with Gasteiger partial charge < -0.3 is 20.3 Å². The van der Waals surface area contributed by atoms with Crippen LogP contribution in [0.1, 0.15) is 57.3 Å². The van der Waals surface area contributed by atoms with Crippen molar-refractivity contribution in [2.45, 2.75) is 69.8 Å². The van der Waals surface area contributed by atoms with Crippen molar-refractivity contribution < 1.29 is 31.5 Å². The fourth-order valence-electron chi connectivity index (χ4n) is 9.83.